The zero-order chi connectivity index (χ0) is 20.9. The number of amides is 1. The summed E-state index contributed by atoms with van der Waals surface area (Å²) >= 11 is 0. The third-order valence-corrected chi connectivity index (χ3v) is 5.14. The van der Waals surface area contributed by atoms with E-state index in [1.165, 1.54) is 6.20 Å². The second-order valence-electron chi connectivity index (χ2n) is 7.03. The second-order valence-corrected chi connectivity index (χ2v) is 7.03. The van der Waals surface area contributed by atoms with Crippen molar-refractivity contribution < 1.29 is 18.0 Å². The number of aromatic nitrogens is 4. The molecule has 7 nitrogen and oxygen atoms in total. The number of pyridine rings is 2. The summed E-state index contributed by atoms with van der Waals surface area (Å²) in [6.45, 7) is 0. The van der Waals surface area contributed by atoms with Gasteiger partial charge in [-0.05, 0) is 48.2 Å². The minimum absolute atomic E-state index is 0.0239. The molecule has 0 saturated carbocycles. The van der Waals surface area contributed by atoms with Gasteiger partial charge in [0, 0.05) is 29.9 Å². The number of halogens is 3. The molecule has 30 heavy (non-hydrogen) atoms. The Bertz CT molecular complexity index is 1270. The van der Waals surface area contributed by atoms with E-state index in [2.05, 4.69) is 25.5 Å². The first-order valence-electron chi connectivity index (χ1n) is 9.25. The fourth-order valence-corrected chi connectivity index (χ4v) is 3.77. The van der Waals surface area contributed by atoms with E-state index in [-0.39, 0.29) is 18.7 Å². The maximum absolute atomic E-state index is 13.4. The molecule has 0 spiro atoms. The van der Waals surface area contributed by atoms with Crippen molar-refractivity contribution >= 4 is 45.0 Å². The van der Waals surface area contributed by atoms with Gasteiger partial charge >= 0.3 is 6.18 Å². The summed E-state index contributed by atoms with van der Waals surface area (Å²) in [6, 6.07) is 8.61. The van der Waals surface area contributed by atoms with Gasteiger partial charge in [-0.25, -0.2) is 4.98 Å². The number of carbonyl (C=O) groups is 1. The van der Waals surface area contributed by atoms with Crippen LogP contribution >= 0.6 is 0 Å². The van der Waals surface area contributed by atoms with Crippen molar-refractivity contribution in [3.8, 4) is 0 Å². The molecular weight excluding hydrogens is 397 g/mol. The van der Waals surface area contributed by atoms with Crippen molar-refractivity contribution in [2.45, 2.75) is 25.1 Å². The fourth-order valence-electron chi connectivity index (χ4n) is 3.77. The zero-order valence-electron chi connectivity index (χ0n) is 15.4. The third kappa shape index (κ3) is 3.00. The lowest BCUT2D eigenvalue weighted by Crippen LogP contribution is -2.43. The molecule has 5 rings (SSSR count). The van der Waals surface area contributed by atoms with E-state index in [0.29, 0.717) is 27.8 Å². The monoisotopic (exact) mass is 412 g/mol. The molecule has 1 fully saturated rings. The average molecular weight is 412 g/mol. The van der Waals surface area contributed by atoms with Gasteiger partial charge in [0.15, 0.2) is 5.82 Å². The van der Waals surface area contributed by atoms with E-state index in [1.54, 1.807) is 36.5 Å². The van der Waals surface area contributed by atoms with Gasteiger partial charge in [0.25, 0.3) is 0 Å². The summed E-state index contributed by atoms with van der Waals surface area (Å²) < 4.78 is 40.3. The van der Waals surface area contributed by atoms with E-state index in [1.807, 2.05) is 6.07 Å². The number of carbonyl (C=O) groups excluding carboxylic acids is 1. The van der Waals surface area contributed by atoms with Gasteiger partial charge in [0.2, 0.25) is 5.91 Å². The topological polar surface area (TPSA) is 86.8 Å². The van der Waals surface area contributed by atoms with Crippen LogP contribution in [0.15, 0.2) is 48.8 Å². The molecule has 1 aliphatic heterocycles. The van der Waals surface area contributed by atoms with Crippen LogP contribution in [0.5, 0.6) is 0 Å². The lowest BCUT2D eigenvalue weighted by Gasteiger charge is -2.26. The zero-order valence-corrected chi connectivity index (χ0v) is 15.4. The number of aromatic amines is 1. The predicted octanol–water partition coefficient (Wildman–Crippen LogP) is 4.31. The summed E-state index contributed by atoms with van der Waals surface area (Å²) in [7, 11) is 0. The Kier molecular flexibility index (Phi) is 4.09. The van der Waals surface area contributed by atoms with Crippen LogP contribution in [0.1, 0.15) is 12.8 Å². The summed E-state index contributed by atoms with van der Waals surface area (Å²) in [5, 5.41) is 11.4. The molecule has 1 atom stereocenters. The van der Waals surface area contributed by atoms with Gasteiger partial charge < -0.3 is 5.32 Å². The number of hydrogen-bond donors (Lipinski definition) is 2. The molecule has 1 unspecified atom stereocenters. The Balaban J connectivity index is 1.53. The Labute approximate surface area is 167 Å². The molecule has 1 aliphatic rings. The van der Waals surface area contributed by atoms with Crippen LogP contribution in [0.2, 0.25) is 0 Å². The molecule has 2 N–H and O–H groups in total. The van der Waals surface area contributed by atoms with Crippen molar-refractivity contribution in [1.29, 1.82) is 0 Å². The number of anilines is 3. The molecule has 152 valence electrons. The van der Waals surface area contributed by atoms with Crippen LogP contribution in [-0.4, -0.2) is 38.3 Å². The van der Waals surface area contributed by atoms with E-state index in [9.17, 15) is 18.0 Å². The highest BCUT2D eigenvalue weighted by molar-refractivity contribution is 6.04. The highest BCUT2D eigenvalue weighted by Crippen LogP contribution is 2.39. The Morgan fingerprint density at radius 2 is 2.00 bits per heavy atom. The number of fused-ring (bicyclic) bond motifs is 2. The number of rotatable bonds is 3. The first-order valence-corrected chi connectivity index (χ1v) is 9.25. The van der Waals surface area contributed by atoms with Crippen LogP contribution in [0.4, 0.5) is 30.5 Å². The first-order chi connectivity index (χ1) is 14.4. The molecule has 4 heterocycles. The normalized spacial score (nSPS) is 17.2. The first kappa shape index (κ1) is 18.3. The van der Waals surface area contributed by atoms with Gasteiger partial charge in [-0.1, -0.05) is 0 Å². The third-order valence-electron chi connectivity index (χ3n) is 5.14. The van der Waals surface area contributed by atoms with E-state index >= 15 is 0 Å². The van der Waals surface area contributed by atoms with Gasteiger partial charge in [-0.2, -0.15) is 18.3 Å². The number of nitrogens with zero attached hydrogens (tertiary/aromatic N) is 4. The van der Waals surface area contributed by atoms with Gasteiger partial charge in [0.1, 0.15) is 17.4 Å². The Morgan fingerprint density at radius 1 is 1.13 bits per heavy atom. The van der Waals surface area contributed by atoms with E-state index < -0.39 is 18.1 Å². The minimum Gasteiger partial charge on any atom is -0.337 e. The average Bonchev–Trinajstić information content (AvgIpc) is 3.31. The van der Waals surface area contributed by atoms with Crippen molar-refractivity contribution in [3.05, 3.63) is 48.8 Å². The molecule has 3 aromatic heterocycles. The lowest BCUT2D eigenvalue weighted by molar-refractivity contribution is -0.148. The molecule has 0 radical (unpaired) electrons. The number of nitrogens with one attached hydrogen (secondary N) is 2. The van der Waals surface area contributed by atoms with Crippen molar-refractivity contribution in [2.75, 3.05) is 10.2 Å². The highest BCUT2D eigenvalue weighted by atomic mass is 19.4. The van der Waals surface area contributed by atoms with Crippen LogP contribution in [0.3, 0.4) is 0 Å². The SMILES string of the molecule is O=C1CCC(C(F)(F)F)N1c1nccc2cc(Nc3n[nH]c4cccnc34)ccc12. The van der Waals surface area contributed by atoms with Crippen molar-refractivity contribution in [1.82, 2.24) is 20.2 Å². The second kappa shape index (κ2) is 6.68. The Morgan fingerprint density at radius 3 is 2.83 bits per heavy atom. The van der Waals surface area contributed by atoms with Crippen molar-refractivity contribution in [2.24, 2.45) is 0 Å². The molecule has 0 bridgehead atoms. The van der Waals surface area contributed by atoms with Gasteiger partial charge in [0.05, 0.1) is 5.52 Å². The summed E-state index contributed by atoms with van der Waals surface area (Å²) in [5.41, 5.74) is 2.13. The van der Waals surface area contributed by atoms with Crippen LogP contribution in [-0.2, 0) is 4.79 Å². The highest BCUT2D eigenvalue weighted by Gasteiger charge is 2.50. The Hall–Kier alpha value is -3.69. The summed E-state index contributed by atoms with van der Waals surface area (Å²) in [5.74, 6) is -0.0181. The lowest BCUT2D eigenvalue weighted by atomic mass is 10.1. The molecule has 10 heteroatoms. The number of alkyl halides is 3. The van der Waals surface area contributed by atoms with Crippen LogP contribution in [0, 0.1) is 0 Å². The van der Waals surface area contributed by atoms with Crippen molar-refractivity contribution in [3.63, 3.8) is 0 Å². The van der Waals surface area contributed by atoms with Crippen LogP contribution in [0.25, 0.3) is 21.8 Å². The smallest absolute Gasteiger partial charge is 0.337 e. The molecule has 4 aromatic rings. The maximum atomic E-state index is 13.4. The summed E-state index contributed by atoms with van der Waals surface area (Å²) in [6.07, 6.45) is -1.86. The number of hydrogen-bond acceptors (Lipinski definition) is 5. The fraction of sp³-hybridized carbons (Fsp3) is 0.200. The number of benzene rings is 1. The molecule has 1 saturated heterocycles. The van der Waals surface area contributed by atoms with E-state index in [0.717, 1.165) is 10.4 Å². The largest absolute Gasteiger partial charge is 0.409 e. The quantitative estimate of drug-likeness (QED) is 0.524. The van der Waals surface area contributed by atoms with Gasteiger partial charge in [-0.3, -0.25) is 19.8 Å². The molecule has 1 amide bonds. The molecule has 1 aromatic carbocycles. The van der Waals surface area contributed by atoms with E-state index in [4.69, 9.17) is 0 Å². The minimum atomic E-state index is -4.51. The standard InChI is InChI=1S/C20H15F3N6O/c21-20(22,23)15-5-6-16(30)29(15)19-13-4-3-12(10-11(13)7-9-25-19)26-18-17-14(27-28-18)2-1-8-24-17/h1-4,7-10,15H,5-6H2,(H2,26,27,28). The maximum Gasteiger partial charge on any atom is 0.409 e. The number of H-pyrrole nitrogens is 1. The van der Waals surface area contributed by atoms with Crippen LogP contribution < -0.4 is 10.2 Å². The summed E-state index contributed by atoms with van der Waals surface area (Å²) in [4.78, 5) is 21.4. The molecule has 0 aliphatic carbocycles. The predicted molar refractivity (Wildman–Crippen MR) is 105 cm³/mol. The van der Waals surface area contributed by atoms with Gasteiger partial charge in [-0.15, -0.1) is 0 Å². The molecular formula is C20H15F3N6O.